The van der Waals surface area contributed by atoms with Crippen molar-refractivity contribution in [3.8, 4) is 11.5 Å². The minimum absolute atomic E-state index is 0.136. The molecule has 4 aromatic carbocycles. The summed E-state index contributed by atoms with van der Waals surface area (Å²) in [7, 11) is -0.250. The zero-order valence-electron chi connectivity index (χ0n) is 18.2. The van der Waals surface area contributed by atoms with E-state index in [2.05, 4.69) is 60.7 Å². The third-order valence-corrected chi connectivity index (χ3v) is 7.14. The van der Waals surface area contributed by atoms with Crippen LogP contribution in [0.1, 0.15) is 11.1 Å². The van der Waals surface area contributed by atoms with Gasteiger partial charge in [0.25, 0.3) is 0 Å². The molecule has 0 radical (unpaired) electrons. The molecule has 0 saturated heterocycles. The van der Waals surface area contributed by atoms with Crippen molar-refractivity contribution in [1.82, 2.24) is 0 Å². The minimum Gasteiger partial charge on any atom is -0.482 e. The predicted octanol–water partition coefficient (Wildman–Crippen LogP) is 6.38. The van der Waals surface area contributed by atoms with Crippen LogP contribution in [-0.2, 0) is 15.7 Å². The Morgan fingerprint density at radius 3 is 1.66 bits per heavy atom. The molecule has 32 heavy (non-hydrogen) atoms. The van der Waals surface area contributed by atoms with Gasteiger partial charge in [-0.05, 0) is 61.4 Å². The number of esters is 1. The van der Waals surface area contributed by atoms with Crippen molar-refractivity contribution >= 4 is 16.9 Å². The van der Waals surface area contributed by atoms with Crippen LogP contribution in [0.25, 0.3) is 0 Å². The first kappa shape index (κ1) is 21.7. The molecule has 0 aliphatic heterocycles. The van der Waals surface area contributed by atoms with Crippen LogP contribution in [0, 0.1) is 13.8 Å². The molecule has 4 rings (SSSR count). The normalized spacial score (nSPS) is 10.7. The van der Waals surface area contributed by atoms with Gasteiger partial charge in [0.05, 0.1) is 10.9 Å². The third-order valence-electron chi connectivity index (χ3n) is 4.94. The summed E-state index contributed by atoms with van der Waals surface area (Å²) in [5.41, 5.74) is 1.86. The standard InChI is InChI=1S/C28H25O3S/c1-21-18-26(32(24-14-8-4-9-15-24)25-16-10-5-11-17-25)19-22(2)28(21)31-27(29)20-30-23-12-6-3-7-13-23/h3-19H,20H2,1-2H3/q+1. The molecule has 0 aliphatic rings. The van der Waals surface area contributed by atoms with Gasteiger partial charge >= 0.3 is 5.97 Å². The van der Waals surface area contributed by atoms with Crippen molar-refractivity contribution in [3.63, 3.8) is 0 Å². The Hall–Kier alpha value is -3.50. The van der Waals surface area contributed by atoms with E-state index in [1.807, 2.05) is 56.3 Å². The molecule has 0 heterocycles. The number of para-hydroxylation sites is 1. The first-order valence-electron chi connectivity index (χ1n) is 10.5. The van der Waals surface area contributed by atoms with Crippen molar-refractivity contribution in [1.29, 1.82) is 0 Å². The monoisotopic (exact) mass is 441 g/mol. The number of carbonyl (C=O) groups excluding carboxylic acids is 1. The van der Waals surface area contributed by atoms with Gasteiger partial charge in [0.2, 0.25) is 0 Å². The van der Waals surface area contributed by atoms with Gasteiger partial charge in [-0.1, -0.05) is 54.6 Å². The Morgan fingerprint density at radius 2 is 1.16 bits per heavy atom. The number of aryl methyl sites for hydroxylation is 2. The molecule has 4 aromatic rings. The fourth-order valence-electron chi connectivity index (χ4n) is 3.51. The number of carbonyl (C=O) groups is 1. The number of ether oxygens (including phenoxy) is 2. The molecule has 0 unspecified atom stereocenters. The van der Waals surface area contributed by atoms with Crippen molar-refractivity contribution in [3.05, 3.63) is 114 Å². The van der Waals surface area contributed by atoms with Crippen LogP contribution in [0.3, 0.4) is 0 Å². The molecule has 0 fully saturated rings. The molecule has 0 spiro atoms. The smallest absolute Gasteiger partial charge is 0.349 e. The van der Waals surface area contributed by atoms with Crippen LogP contribution in [0.4, 0.5) is 0 Å². The van der Waals surface area contributed by atoms with Gasteiger partial charge in [-0.25, -0.2) is 4.79 Å². The van der Waals surface area contributed by atoms with E-state index in [4.69, 9.17) is 9.47 Å². The van der Waals surface area contributed by atoms with Crippen molar-refractivity contribution in [2.75, 3.05) is 6.61 Å². The lowest BCUT2D eigenvalue weighted by atomic mass is 10.1. The van der Waals surface area contributed by atoms with E-state index in [1.54, 1.807) is 0 Å². The number of rotatable bonds is 7. The van der Waals surface area contributed by atoms with Crippen LogP contribution in [-0.4, -0.2) is 12.6 Å². The fourth-order valence-corrected chi connectivity index (χ4v) is 5.78. The molecule has 3 nitrogen and oxygen atoms in total. The van der Waals surface area contributed by atoms with E-state index in [9.17, 15) is 4.79 Å². The topological polar surface area (TPSA) is 35.5 Å². The highest BCUT2D eigenvalue weighted by Crippen LogP contribution is 2.35. The molecular formula is C28H25O3S+. The summed E-state index contributed by atoms with van der Waals surface area (Å²) in [5.74, 6) is 0.820. The molecule has 0 bridgehead atoms. The summed E-state index contributed by atoms with van der Waals surface area (Å²) >= 11 is 0. The van der Waals surface area contributed by atoms with Gasteiger partial charge in [0.15, 0.2) is 21.3 Å². The average molecular weight is 442 g/mol. The lowest BCUT2D eigenvalue weighted by molar-refractivity contribution is -0.136. The second-order valence-corrected chi connectivity index (χ2v) is 9.42. The van der Waals surface area contributed by atoms with E-state index in [1.165, 1.54) is 14.7 Å². The summed E-state index contributed by atoms with van der Waals surface area (Å²) in [5, 5.41) is 0. The summed E-state index contributed by atoms with van der Waals surface area (Å²) in [4.78, 5) is 16.1. The molecule has 0 saturated carbocycles. The van der Waals surface area contributed by atoms with E-state index in [0.29, 0.717) is 11.5 Å². The number of benzene rings is 4. The second-order valence-electron chi connectivity index (χ2n) is 7.39. The molecule has 160 valence electrons. The van der Waals surface area contributed by atoms with E-state index < -0.39 is 5.97 Å². The number of hydrogen-bond acceptors (Lipinski definition) is 3. The third kappa shape index (κ3) is 5.21. The minimum atomic E-state index is -0.419. The van der Waals surface area contributed by atoms with Crippen LogP contribution >= 0.6 is 0 Å². The van der Waals surface area contributed by atoms with E-state index >= 15 is 0 Å². The molecular weight excluding hydrogens is 416 g/mol. The number of hydrogen-bond donors (Lipinski definition) is 0. The first-order chi connectivity index (χ1) is 15.6. The summed E-state index contributed by atoms with van der Waals surface area (Å²) in [6.07, 6.45) is 0. The fraction of sp³-hybridized carbons (Fsp3) is 0.107. The molecule has 0 atom stereocenters. The maximum Gasteiger partial charge on any atom is 0.349 e. The average Bonchev–Trinajstić information content (AvgIpc) is 2.82. The SMILES string of the molecule is Cc1cc([S+](c2ccccc2)c2ccccc2)cc(C)c1OC(=O)COc1ccccc1. The summed E-state index contributed by atoms with van der Waals surface area (Å²) < 4.78 is 11.2. The van der Waals surface area contributed by atoms with Crippen LogP contribution in [0.15, 0.2) is 118 Å². The van der Waals surface area contributed by atoms with Gasteiger partial charge in [0, 0.05) is 12.1 Å². The lowest BCUT2D eigenvalue weighted by Gasteiger charge is -2.14. The molecule has 0 amide bonds. The quantitative estimate of drug-likeness (QED) is 0.190. The van der Waals surface area contributed by atoms with Crippen LogP contribution < -0.4 is 9.47 Å². The summed E-state index contributed by atoms with van der Waals surface area (Å²) in [6, 6.07) is 34.5. The molecule has 0 aromatic heterocycles. The van der Waals surface area contributed by atoms with Crippen molar-refractivity contribution < 1.29 is 14.3 Å². The highest BCUT2D eigenvalue weighted by Gasteiger charge is 2.29. The van der Waals surface area contributed by atoms with Gasteiger partial charge in [0.1, 0.15) is 11.5 Å². The van der Waals surface area contributed by atoms with Crippen molar-refractivity contribution in [2.24, 2.45) is 0 Å². The van der Waals surface area contributed by atoms with Gasteiger partial charge in [-0.3, -0.25) is 0 Å². The Balaban J connectivity index is 1.59. The van der Waals surface area contributed by atoms with E-state index in [-0.39, 0.29) is 17.5 Å². The van der Waals surface area contributed by atoms with E-state index in [0.717, 1.165) is 11.1 Å². The summed E-state index contributed by atoms with van der Waals surface area (Å²) in [6.45, 7) is 3.83. The molecule has 4 heteroatoms. The highest BCUT2D eigenvalue weighted by atomic mass is 32.2. The molecule has 0 N–H and O–H groups in total. The van der Waals surface area contributed by atoms with Crippen molar-refractivity contribution in [2.45, 2.75) is 28.5 Å². The maximum absolute atomic E-state index is 12.4. The van der Waals surface area contributed by atoms with Gasteiger partial charge in [-0.2, -0.15) is 0 Å². The zero-order chi connectivity index (χ0) is 22.3. The maximum atomic E-state index is 12.4. The zero-order valence-corrected chi connectivity index (χ0v) is 19.0. The molecule has 0 aliphatic carbocycles. The Labute approximate surface area is 192 Å². The second kappa shape index (κ2) is 10.2. The largest absolute Gasteiger partial charge is 0.482 e. The Kier molecular flexibility index (Phi) is 6.93. The Morgan fingerprint density at radius 1 is 0.688 bits per heavy atom. The van der Waals surface area contributed by atoms with Gasteiger partial charge < -0.3 is 9.47 Å². The highest BCUT2D eigenvalue weighted by molar-refractivity contribution is 7.97. The first-order valence-corrected chi connectivity index (χ1v) is 11.7. The van der Waals surface area contributed by atoms with Gasteiger partial charge in [-0.15, -0.1) is 0 Å². The Bertz CT molecular complexity index is 1110. The van der Waals surface area contributed by atoms with Crippen LogP contribution in [0.5, 0.6) is 11.5 Å². The van der Waals surface area contributed by atoms with Crippen LogP contribution in [0.2, 0.25) is 0 Å². The lowest BCUT2D eigenvalue weighted by Crippen LogP contribution is -2.19. The predicted molar refractivity (Wildman–Crippen MR) is 129 cm³/mol.